The molecule has 1 fully saturated rings. The van der Waals surface area contributed by atoms with Crippen molar-refractivity contribution in [2.24, 2.45) is 7.05 Å². The van der Waals surface area contributed by atoms with Crippen molar-refractivity contribution in [1.29, 1.82) is 0 Å². The molecular formula is C24H29ClN4O2. The van der Waals surface area contributed by atoms with Crippen LogP contribution in [-0.2, 0) is 18.3 Å². The fourth-order valence-corrected chi connectivity index (χ4v) is 4.58. The Morgan fingerprint density at radius 1 is 1.29 bits per heavy atom. The Morgan fingerprint density at radius 3 is 2.58 bits per heavy atom. The van der Waals surface area contributed by atoms with Gasteiger partial charge in [0.25, 0.3) is 0 Å². The van der Waals surface area contributed by atoms with Gasteiger partial charge in [0.05, 0.1) is 18.5 Å². The number of methoxy groups -OCH3 is 1. The molecule has 1 aliphatic carbocycles. The fraction of sp³-hybridized carbons (Fsp3) is 0.458. The highest BCUT2D eigenvalue weighted by Crippen LogP contribution is 2.36. The molecule has 31 heavy (non-hydrogen) atoms. The van der Waals surface area contributed by atoms with Crippen molar-refractivity contribution in [2.75, 3.05) is 7.11 Å². The second-order valence-corrected chi connectivity index (χ2v) is 8.83. The van der Waals surface area contributed by atoms with Crippen LogP contribution < -0.4 is 4.74 Å². The molecule has 1 aromatic carbocycles. The van der Waals surface area contributed by atoms with E-state index < -0.39 is 0 Å². The Bertz CT molecular complexity index is 1120. The molecule has 3 aromatic rings. The zero-order chi connectivity index (χ0) is 22.3. The molecule has 2 aromatic heterocycles. The first-order valence-electron chi connectivity index (χ1n) is 10.7. The number of carbonyl (C=O) groups is 1. The number of carbonyl (C=O) groups excluding carboxylic acids is 1. The van der Waals surface area contributed by atoms with E-state index in [-0.39, 0.29) is 11.9 Å². The molecule has 6 nitrogen and oxygen atoms in total. The van der Waals surface area contributed by atoms with Gasteiger partial charge in [0.1, 0.15) is 0 Å². The molecule has 0 N–H and O–H groups in total. The molecule has 7 heteroatoms. The summed E-state index contributed by atoms with van der Waals surface area (Å²) in [6.45, 7) is 6.17. The van der Waals surface area contributed by atoms with E-state index in [0.717, 1.165) is 46.3 Å². The minimum absolute atomic E-state index is 0.0264. The molecule has 1 saturated carbocycles. The van der Waals surface area contributed by atoms with Crippen molar-refractivity contribution in [1.82, 2.24) is 19.7 Å². The minimum Gasteiger partial charge on any atom is -0.479 e. The summed E-state index contributed by atoms with van der Waals surface area (Å²) in [5.41, 5.74) is 5.04. The highest BCUT2D eigenvalue weighted by atomic mass is 35.5. The van der Waals surface area contributed by atoms with Gasteiger partial charge in [0.15, 0.2) is 5.65 Å². The highest BCUT2D eigenvalue weighted by molar-refractivity contribution is 6.30. The average molecular weight is 441 g/mol. The van der Waals surface area contributed by atoms with Crippen LogP contribution in [0.15, 0.2) is 24.3 Å². The van der Waals surface area contributed by atoms with Gasteiger partial charge in [-0.1, -0.05) is 23.7 Å². The summed E-state index contributed by atoms with van der Waals surface area (Å²) in [7, 11) is 3.49. The van der Waals surface area contributed by atoms with E-state index >= 15 is 0 Å². The van der Waals surface area contributed by atoms with Crippen LogP contribution in [-0.4, -0.2) is 38.7 Å². The number of fused-ring (bicyclic) bond motifs is 1. The maximum Gasteiger partial charge on any atom is 0.242 e. The predicted molar refractivity (Wildman–Crippen MR) is 123 cm³/mol. The molecule has 4 rings (SSSR count). The molecule has 0 aliphatic heterocycles. The maximum atomic E-state index is 13.3. The molecular weight excluding hydrogens is 412 g/mol. The summed E-state index contributed by atoms with van der Waals surface area (Å²) >= 11 is 6.04. The number of hydrogen-bond acceptors (Lipinski definition) is 4. The molecule has 1 aliphatic rings. The number of amides is 1. The number of aromatic nitrogens is 3. The lowest BCUT2D eigenvalue weighted by Crippen LogP contribution is -2.35. The van der Waals surface area contributed by atoms with Crippen molar-refractivity contribution in [3.63, 3.8) is 0 Å². The summed E-state index contributed by atoms with van der Waals surface area (Å²) in [6, 6.07) is 8.15. The van der Waals surface area contributed by atoms with Gasteiger partial charge in [0, 0.05) is 30.2 Å². The molecule has 0 radical (unpaired) electrons. The third kappa shape index (κ3) is 4.13. The van der Waals surface area contributed by atoms with E-state index in [4.69, 9.17) is 21.3 Å². The van der Waals surface area contributed by atoms with Crippen molar-refractivity contribution >= 4 is 28.5 Å². The number of hydrogen-bond donors (Lipinski definition) is 0. The third-order valence-corrected chi connectivity index (χ3v) is 6.55. The number of aryl methyl sites for hydroxylation is 3. The van der Waals surface area contributed by atoms with Crippen LogP contribution >= 0.6 is 11.6 Å². The molecule has 2 heterocycles. The van der Waals surface area contributed by atoms with Gasteiger partial charge in [-0.25, -0.2) is 9.67 Å². The number of halogens is 1. The maximum absolute atomic E-state index is 13.3. The summed E-state index contributed by atoms with van der Waals surface area (Å²) in [6.07, 6.45) is 3.24. The van der Waals surface area contributed by atoms with Crippen molar-refractivity contribution in [3.05, 3.63) is 51.7 Å². The van der Waals surface area contributed by atoms with E-state index in [9.17, 15) is 4.79 Å². The lowest BCUT2D eigenvalue weighted by molar-refractivity contribution is -0.134. The number of pyridine rings is 1. The highest BCUT2D eigenvalue weighted by Gasteiger charge is 2.36. The second kappa shape index (κ2) is 8.50. The lowest BCUT2D eigenvalue weighted by Gasteiger charge is -2.30. The van der Waals surface area contributed by atoms with Crippen molar-refractivity contribution < 1.29 is 9.53 Å². The Balaban J connectivity index is 1.57. The number of ether oxygens (including phenoxy) is 1. The Morgan fingerprint density at radius 2 is 1.97 bits per heavy atom. The average Bonchev–Trinajstić information content (AvgIpc) is 3.51. The number of nitrogens with zero attached hydrogens (tertiary/aromatic N) is 4. The second-order valence-electron chi connectivity index (χ2n) is 8.39. The monoisotopic (exact) mass is 440 g/mol. The van der Waals surface area contributed by atoms with Gasteiger partial charge in [0.2, 0.25) is 11.8 Å². The quantitative estimate of drug-likeness (QED) is 0.522. The Labute approximate surface area is 188 Å². The van der Waals surface area contributed by atoms with Crippen LogP contribution in [0.25, 0.3) is 11.0 Å². The van der Waals surface area contributed by atoms with Crippen LogP contribution in [0.2, 0.25) is 5.02 Å². The van der Waals surface area contributed by atoms with E-state index in [2.05, 4.69) is 23.8 Å². The summed E-state index contributed by atoms with van der Waals surface area (Å²) in [4.78, 5) is 20.1. The number of rotatable bonds is 7. The zero-order valence-electron chi connectivity index (χ0n) is 18.8. The van der Waals surface area contributed by atoms with Crippen LogP contribution in [0.3, 0.4) is 0 Å². The molecule has 0 bridgehead atoms. The van der Waals surface area contributed by atoms with Gasteiger partial charge in [-0.2, -0.15) is 0 Å². The Hall–Kier alpha value is -2.60. The van der Waals surface area contributed by atoms with Gasteiger partial charge >= 0.3 is 0 Å². The molecule has 1 atom stereocenters. The third-order valence-electron chi connectivity index (χ3n) is 6.30. The standard InChI is InChI=1S/C24H29ClN4O2/c1-14-20(15(2)26-23-22(14)24(31-5)27-28(23)4)12-13-21(30)29(19-10-11-19)16(3)17-6-8-18(25)9-7-17/h6-9,16,19H,10-13H2,1-5H3. The molecule has 0 spiro atoms. The van der Waals surface area contributed by atoms with Crippen LogP contribution in [0.5, 0.6) is 5.88 Å². The Kier molecular flexibility index (Phi) is 5.93. The lowest BCUT2D eigenvalue weighted by atomic mass is 9.99. The summed E-state index contributed by atoms with van der Waals surface area (Å²) < 4.78 is 7.20. The smallest absolute Gasteiger partial charge is 0.242 e. The zero-order valence-corrected chi connectivity index (χ0v) is 19.5. The summed E-state index contributed by atoms with van der Waals surface area (Å²) in [5.74, 6) is 0.757. The predicted octanol–water partition coefficient (Wildman–Crippen LogP) is 4.93. The fourth-order valence-electron chi connectivity index (χ4n) is 4.46. The van der Waals surface area contributed by atoms with E-state index in [1.807, 2.05) is 38.2 Å². The first kappa shape index (κ1) is 21.6. The van der Waals surface area contributed by atoms with E-state index in [1.165, 1.54) is 0 Å². The molecule has 0 saturated heterocycles. The molecule has 1 amide bonds. The minimum atomic E-state index is 0.0264. The summed E-state index contributed by atoms with van der Waals surface area (Å²) in [5, 5.41) is 6.05. The van der Waals surface area contributed by atoms with Crippen LogP contribution in [0, 0.1) is 13.8 Å². The van der Waals surface area contributed by atoms with Gasteiger partial charge in [-0.05, 0) is 68.9 Å². The largest absolute Gasteiger partial charge is 0.479 e. The van der Waals surface area contributed by atoms with Gasteiger partial charge < -0.3 is 9.64 Å². The molecule has 164 valence electrons. The SMILES string of the molecule is COc1nn(C)c2nc(C)c(CCC(=O)N(C3CC3)C(C)c3ccc(Cl)cc3)c(C)c12. The first-order valence-corrected chi connectivity index (χ1v) is 11.1. The topological polar surface area (TPSA) is 60.2 Å². The van der Waals surface area contributed by atoms with Crippen molar-refractivity contribution in [3.8, 4) is 5.88 Å². The molecule has 1 unspecified atom stereocenters. The normalized spacial score (nSPS) is 14.6. The van der Waals surface area contributed by atoms with Crippen molar-refractivity contribution in [2.45, 2.75) is 58.5 Å². The van der Waals surface area contributed by atoms with E-state index in [1.54, 1.807) is 11.8 Å². The first-order chi connectivity index (χ1) is 14.8. The van der Waals surface area contributed by atoms with E-state index in [0.29, 0.717) is 29.8 Å². The van der Waals surface area contributed by atoms with Gasteiger partial charge in [-0.3, -0.25) is 4.79 Å². The van der Waals surface area contributed by atoms with Crippen LogP contribution in [0.4, 0.5) is 0 Å². The van der Waals surface area contributed by atoms with Gasteiger partial charge in [-0.15, -0.1) is 5.10 Å². The number of benzene rings is 1. The van der Waals surface area contributed by atoms with Crippen LogP contribution in [0.1, 0.15) is 54.6 Å².